The summed E-state index contributed by atoms with van der Waals surface area (Å²) in [6.45, 7) is 0.726. The molecule has 206 valence electrons. The number of nitrogen functional groups attached to an aromatic ring is 1. The van der Waals surface area contributed by atoms with Gasteiger partial charge < -0.3 is 25.8 Å². The number of nitrogens with zero attached hydrogens (tertiary/aromatic N) is 1. The van der Waals surface area contributed by atoms with Gasteiger partial charge in [-0.05, 0) is 65.2 Å². The van der Waals surface area contributed by atoms with Crippen molar-refractivity contribution in [1.82, 2.24) is 10.3 Å². The van der Waals surface area contributed by atoms with E-state index in [1.807, 2.05) is 72.8 Å². The number of carbonyl (C=O) groups excluding carboxylic acids is 1. The average Bonchev–Trinajstić information content (AvgIpc) is 3.02. The van der Waals surface area contributed by atoms with Gasteiger partial charge in [0, 0.05) is 29.4 Å². The zero-order valence-corrected chi connectivity index (χ0v) is 22.6. The Morgan fingerprint density at radius 1 is 0.902 bits per heavy atom. The summed E-state index contributed by atoms with van der Waals surface area (Å²) in [5.41, 5.74) is 10.5. The van der Waals surface area contributed by atoms with E-state index in [1.54, 1.807) is 43.6 Å². The molecule has 0 saturated carbocycles. The molecular formula is C33H31N5O3. The number of rotatable bonds is 11. The van der Waals surface area contributed by atoms with Gasteiger partial charge in [-0.3, -0.25) is 15.2 Å². The number of amides is 1. The SMILES string of the molecule is COc1cc([C@@H](Nc2ccc(C(=N)N)cc2)C(=O)NCc2ccccc2)ccc1OCc1ccc2cccnc2c1. The highest BCUT2D eigenvalue weighted by molar-refractivity contribution is 5.95. The average molecular weight is 546 g/mol. The van der Waals surface area contributed by atoms with E-state index in [2.05, 4.69) is 15.6 Å². The second-order valence-electron chi connectivity index (χ2n) is 9.50. The molecule has 5 aromatic rings. The normalized spacial score (nSPS) is 11.4. The maximum absolute atomic E-state index is 13.5. The van der Waals surface area contributed by atoms with Gasteiger partial charge in [0.05, 0.1) is 12.6 Å². The molecule has 0 fully saturated rings. The minimum absolute atomic E-state index is 0.0195. The molecule has 1 heterocycles. The standard InChI is InChI=1S/C33H31N5O3/c1-40-30-19-26(13-16-29(30)41-21-23-9-10-24-8-5-17-36-28(24)18-23)31(33(39)37-20-22-6-3-2-4-7-22)38-27-14-11-25(12-15-27)32(34)35/h2-19,31,38H,20-21H2,1H3,(H3,34,35)(H,37,39)/t31-/m1/s1. The third-order valence-corrected chi connectivity index (χ3v) is 6.66. The van der Waals surface area contributed by atoms with Crippen molar-refractivity contribution in [3.05, 3.63) is 132 Å². The Bertz CT molecular complexity index is 1660. The number of hydrogen-bond donors (Lipinski definition) is 4. The minimum atomic E-state index is -0.726. The van der Waals surface area contributed by atoms with Crippen LogP contribution >= 0.6 is 0 Å². The highest BCUT2D eigenvalue weighted by Crippen LogP contribution is 2.32. The number of fused-ring (bicyclic) bond motifs is 1. The predicted octanol–water partition coefficient (Wildman–Crippen LogP) is 5.58. The van der Waals surface area contributed by atoms with Gasteiger partial charge in [-0.25, -0.2) is 0 Å². The molecule has 0 aliphatic heterocycles. The van der Waals surface area contributed by atoms with Crippen molar-refractivity contribution in [2.45, 2.75) is 19.2 Å². The molecule has 41 heavy (non-hydrogen) atoms. The zero-order chi connectivity index (χ0) is 28.6. The van der Waals surface area contributed by atoms with Gasteiger partial charge >= 0.3 is 0 Å². The lowest BCUT2D eigenvalue weighted by atomic mass is 10.0. The molecule has 0 saturated heterocycles. The first-order valence-electron chi connectivity index (χ1n) is 13.2. The summed E-state index contributed by atoms with van der Waals surface area (Å²) < 4.78 is 11.8. The number of amidine groups is 1. The highest BCUT2D eigenvalue weighted by atomic mass is 16.5. The number of hydrogen-bond acceptors (Lipinski definition) is 6. The molecule has 0 radical (unpaired) electrons. The molecule has 0 aliphatic rings. The third-order valence-electron chi connectivity index (χ3n) is 6.66. The Balaban J connectivity index is 1.37. The van der Waals surface area contributed by atoms with E-state index in [-0.39, 0.29) is 11.7 Å². The Morgan fingerprint density at radius 2 is 1.71 bits per heavy atom. The summed E-state index contributed by atoms with van der Waals surface area (Å²) in [6, 6.07) is 31.5. The topological polar surface area (TPSA) is 122 Å². The van der Waals surface area contributed by atoms with Crippen molar-refractivity contribution in [2.24, 2.45) is 5.73 Å². The summed E-state index contributed by atoms with van der Waals surface area (Å²) in [5, 5.41) is 15.1. The molecule has 1 aromatic heterocycles. The van der Waals surface area contributed by atoms with Crippen molar-refractivity contribution in [3.63, 3.8) is 0 Å². The first-order valence-corrected chi connectivity index (χ1v) is 13.2. The smallest absolute Gasteiger partial charge is 0.247 e. The maximum atomic E-state index is 13.5. The number of nitrogens with one attached hydrogen (secondary N) is 3. The molecule has 0 bridgehead atoms. The zero-order valence-electron chi connectivity index (χ0n) is 22.6. The van der Waals surface area contributed by atoms with Gasteiger partial charge in [-0.15, -0.1) is 0 Å². The number of nitrogens with two attached hydrogens (primary N) is 1. The van der Waals surface area contributed by atoms with Crippen LogP contribution in [0.2, 0.25) is 0 Å². The van der Waals surface area contributed by atoms with Crippen LogP contribution in [0.4, 0.5) is 5.69 Å². The van der Waals surface area contributed by atoms with Gasteiger partial charge in [0.1, 0.15) is 18.5 Å². The van der Waals surface area contributed by atoms with Gasteiger partial charge in [-0.2, -0.15) is 0 Å². The Kier molecular flexibility index (Phi) is 8.40. The molecule has 5 N–H and O–H groups in total. The summed E-state index contributed by atoms with van der Waals surface area (Å²) in [4.78, 5) is 17.9. The van der Waals surface area contributed by atoms with E-state index in [4.69, 9.17) is 20.6 Å². The van der Waals surface area contributed by atoms with E-state index in [9.17, 15) is 4.79 Å². The summed E-state index contributed by atoms with van der Waals surface area (Å²) in [5.74, 6) is 0.848. The first-order chi connectivity index (χ1) is 20.0. The van der Waals surface area contributed by atoms with Crippen LogP contribution in [0.15, 0.2) is 109 Å². The van der Waals surface area contributed by atoms with Crippen molar-refractivity contribution >= 4 is 28.3 Å². The van der Waals surface area contributed by atoms with Gasteiger partial charge in [-0.1, -0.05) is 54.6 Å². The number of methoxy groups -OCH3 is 1. The van der Waals surface area contributed by atoms with E-state index in [0.29, 0.717) is 41.5 Å². The van der Waals surface area contributed by atoms with Crippen LogP contribution in [0.1, 0.15) is 28.3 Å². The Labute approximate surface area is 238 Å². The molecule has 8 nitrogen and oxygen atoms in total. The fourth-order valence-electron chi connectivity index (χ4n) is 4.45. The van der Waals surface area contributed by atoms with Crippen LogP contribution in [-0.2, 0) is 17.9 Å². The Morgan fingerprint density at radius 3 is 2.46 bits per heavy atom. The molecule has 0 unspecified atom stereocenters. The van der Waals surface area contributed by atoms with Crippen LogP contribution in [0.5, 0.6) is 11.5 Å². The predicted molar refractivity (Wildman–Crippen MR) is 161 cm³/mol. The van der Waals surface area contributed by atoms with Crippen molar-refractivity contribution in [1.29, 1.82) is 5.41 Å². The first kappa shape index (κ1) is 27.2. The molecule has 1 amide bonds. The van der Waals surface area contributed by atoms with Gasteiger partial charge in [0.15, 0.2) is 11.5 Å². The van der Waals surface area contributed by atoms with Gasteiger partial charge in [0.2, 0.25) is 5.91 Å². The summed E-state index contributed by atoms with van der Waals surface area (Å²) in [7, 11) is 1.57. The number of anilines is 1. The van der Waals surface area contributed by atoms with Crippen LogP contribution in [0.3, 0.4) is 0 Å². The summed E-state index contributed by atoms with van der Waals surface area (Å²) >= 11 is 0. The van der Waals surface area contributed by atoms with Crippen LogP contribution in [0, 0.1) is 5.41 Å². The second kappa shape index (κ2) is 12.7. The maximum Gasteiger partial charge on any atom is 0.247 e. The largest absolute Gasteiger partial charge is 0.493 e. The lowest BCUT2D eigenvalue weighted by Gasteiger charge is -2.22. The van der Waals surface area contributed by atoms with Crippen LogP contribution in [-0.4, -0.2) is 23.8 Å². The quantitative estimate of drug-likeness (QED) is 0.127. The third kappa shape index (κ3) is 6.80. The number of ether oxygens (including phenoxy) is 2. The summed E-state index contributed by atoms with van der Waals surface area (Å²) in [6.07, 6.45) is 1.77. The van der Waals surface area contributed by atoms with E-state index >= 15 is 0 Å². The Hall–Kier alpha value is -5.37. The van der Waals surface area contributed by atoms with E-state index < -0.39 is 6.04 Å². The van der Waals surface area contributed by atoms with Crippen molar-refractivity contribution in [2.75, 3.05) is 12.4 Å². The van der Waals surface area contributed by atoms with Crippen LogP contribution in [0.25, 0.3) is 10.9 Å². The molecule has 5 rings (SSSR count). The van der Waals surface area contributed by atoms with E-state index in [1.165, 1.54) is 0 Å². The fourth-order valence-corrected chi connectivity index (χ4v) is 4.45. The lowest BCUT2D eigenvalue weighted by Crippen LogP contribution is -2.33. The molecule has 8 heteroatoms. The number of aromatic nitrogens is 1. The van der Waals surface area contributed by atoms with Crippen molar-refractivity contribution < 1.29 is 14.3 Å². The van der Waals surface area contributed by atoms with E-state index in [0.717, 1.165) is 22.0 Å². The highest BCUT2D eigenvalue weighted by Gasteiger charge is 2.22. The molecule has 1 atom stereocenters. The van der Waals surface area contributed by atoms with Gasteiger partial charge in [0.25, 0.3) is 0 Å². The fraction of sp³-hybridized carbons (Fsp3) is 0.121. The molecule has 0 spiro atoms. The molecule has 0 aliphatic carbocycles. The number of benzene rings is 4. The lowest BCUT2D eigenvalue weighted by molar-refractivity contribution is -0.122. The number of pyridine rings is 1. The monoisotopic (exact) mass is 545 g/mol. The molecular weight excluding hydrogens is 514 g/mol. The van der Waals surface area contributed by atoms with Crippen molar-refractivity contribution in [3.8, 4) is 11.5 Å². The minimum Gasteiger partial charge on any atom is -0.493 e. The van der Waals surface area contributed by atoms with Crippen LogP contribution < -0.4 is 25.8 Å². The number of carbonyl (C=O) groups is 1. The second-order valence-corrected chi connectivity index (χ2v) is 9.50. The molecule has 4 aromatic carbocycles.